The van der Waals surface area contributed by atoms with Crippen molar-refractivity contribution in [2.24, 2.45) is 5.92 Å². The summed E-state index contributed by atoms with van der Waals surface area (Å²) in [7, 11) is 0. The molecular formula is C21H32O3. The molecule has 1 N–H and O–H groups in total. The molecule has 1 atom stereocenters. The molecule has 0 spiro atoms. The van der Waals surface area contributed by atoms with Crippen LogP contribution < -0.4 is 0 Å². The number of aryl methyl sites for hydroxylation is 1. The second kappa shape index (κ2) is 11.7. The molecule has 0 aliphatic rings. The van der Waals surface area contributed by atoms with E-state index < -0.39 is 5.97 Å². The summed E-state index contributed by atoms with van der Waals surface area (Å²) in [6.45, 7) is 6.39. The summed E-state index contributed by atoms with van der Waals surface area (Å²) in [6.07, 6.45) is 15.9. The van der Waals surface area contributed by atoms with Crippen molar-refractivity contribution in [1.29, 1.82) is 0 Å². The van der Waals surface area contributed by atoms with Crippen molar-refractivity contribution in [2.75, 3.05) is 0 Å². The van der Waals surface area contributed by atoms with Gasteiger partial charge in [-0.2, -0.15) is 0 Å². The van der Waals surface area contributed by atoms with Crippen LogP contribution in [0.15, 0.2) is 46.3 Å². The first-order valence-electron chi connectivity index (χ1n) is 9.01. The van der Waals surface area contributed by atoms with Crippen molar-refractivity contribution in [3.05, 3.63) is 47.5 Å². The van der Waals surface area contributed by atoms with Gasteiger partial charge in [-0.25, -0.2) is 0 Å². The lowest BCUT2D eigenvalue weighted by Crippen LogP contribution is -2.03. The lowest BCUT2D eigenvalue weighted by Gasteiger charge is -2.06. The maximum atomic E-state index is 10.6. The van der Waals surface area contributed by atoms with Crippen molar-refractivity contribution in [2.45, 2.75) is 72.1 Å². The van der Waals surface area contributed by atoms with Gasteiger partial charge in [-0.1, -0.05) is 30.2 Å². The number of carboxylic acids is 1. The van der Waals surface area contributed by atoms with Gasteiger partial charge in [0.2, 0.25) is 0 Å². The lowest BCUT2D eigenvalue weighted by atomic mass is 10.00. The summed E-state index contributed by atoms with van der Waals surface area (Å²) < 4.78 is 5.08. The quantitative estimate of drug-likeness (QED) is 0.466. The fourth-order valence-corrected chi connectivity index (χ4v) is 2.77. The minimum absolute atomic E-state index is 0.254. The highest BCUT2D eigenvalue weighted by Crippen LogP contribution is 2.15. The highest BCUT2D eigenvalue weighted by molar-refractivity contribution is 5.66. The average molecular weight is 332 g/mol. The average Bonchev–Trinajstić information content (AvgIpc) is 2.99. The molecule has 0 aromatic carbocycles. The van der Waals surface area contributed by atoms with Gasteiger partial charge in [-0.3, -0.25) is 4.79 Å². The summed E-state index contributed by atoms with van der Waals surface area (Å²) in [6, 6.07) is 2.03. The second-order valence-corrected chi connectivity index (χ2v) is 6.91. The second-order valence-electron chi connectivity index (χ2n) is 6.91. The van der Waals surface area contributed by atoms with Crippen LogP contribution in [0.2, 0.25) is 0 Å². The number of hydrogen-bond acceptors (Lipinski definition) is 2. The monoisotopic (exact) mass is 332 g/mol. The Morgan fingerprint density at radius 2 is 1.92 bits per heavy atom. The van der Waals surface area contributed by atoms with Gasteiger partial charge < -0.3 is 9.52 Å². The van der Waals surface area contributed by atoms with Crippen molar-refractivity contribution < 1.29 is 14.3 Å². The molecule has 0 unspecified atom stereocenters. The highest BCUT2D eigenvalue weighted by atomic mass is 16.4. The third kappa shape index (κ3) is 10.1. The predicted molar refractivity (Wildman–Crippen MR) is 99.0 cm³/mol. The van der Waals surface area contributed by atoms with Crippen LogP contribution in [-0.4, -0.2) is 11.1 Å². The van der Waals surface area contributed by atoms with Gasteiger partial charge in [0, 0.05) is 6.42 Å². The van der Waals surface area contributed by atoms with Crippen LogP contribution in [0.3, 0.4) is 0 Å². The largest absolute Gasteiger partial charge is 0.481 e. The van der Waals surface area contributed by atoms with E-state index in [1.54, 1.807) is 6.26 Å². The number of allylic oxidation sites excluding steroid dienone is 4. The zero-order chi connectivity index (χ0) is 17.8. The number of rotatable bonds is 12. The molecule has 1 rings (SSSR count). The number of carboxylic acid groups (broad SMARTS) is 1. The number of carbonyl (C=O) groups is 1. The van der Waals surface area contributed by atoms with Gasteiger partial charge >= 0.3 is 5.97 Å². The molecule has 1 aromatic rings. The fraction of sp³-hybridized carbons (Fsp3) is 0.571. The van der Waals surface area contributed by atoms with Crippen LogP contribution in [0.1, 0.15) is 71.3 Å². The molecule has 0 aliphatic heterocycles. The van der Waals surface area contributed by atoms with Crippen LogP contribution in [-0.2, 0) is 11.2 Å². The Morgan fingerprint density at radius 3 is 2.58 bits per heavy atom. The normalized spacial score (nSPS) is 14.0. The maximum absolute atomic E-state index is 10.6. The molecule has 0 saturated heterocycles. The standard InChI is InChI=1S/C21H32O3/c1-17(9-5-11-19(3)15-21(22)23)7-4-8-18(2)10-6-12-20-13-14-24-16-20/h8-9,13-14,16,19H,4-7,10-12,15H2,1-3H3,(H,22,23)/t19-/m1/s1. The lowest BCUT2D eigenvalue weighted by molar-refractivity contribution is -0.138. The predicted octanol–water partition coefficient (Wildman–Crippen LogP) is 6.17. The van der Waals surface area contributed by atoms with E-state index in [9.17, 15) is 4.79 Å². The summed E-state index contributed by atoms with van der Waals surface area (Å²) in [4.78, 5) is 10.6. The summed E-state index contributed by atoms with van der Waals surface area (Å²) >= 11 is 0. The molecular weight excluding hydrogens is 300 g/mol. The molecule has 3 heteroatoms. The van der Waals surface area contributed by atoms with Crippen molar-refractivity contribution in [1.82, 2.24) is 0 Å². The first-order valence-corrected chi connectivity index (χ1v) is 9.01. The summed E-state index contributed by atoms with van der Waals surface area (Å²) in [5.41, 5.74) is 4.14. The van der Waals surface area contributed by atoms with Gasteiger partial charge in [0.25, 0.3) is 0 Å². The smallest absolute Gasteiger partial charge is 0.303 e. The molecule has 1 heterocycles. The van der Waals surface area contributed by atoms with E-state index in [1.807, 2.05) is 19.3 Å². The Balaban J connectivity index is 2.14. The molecule has 134 valence electrons. The molecule has 3 nitrogen and oxygen atoms in total. The van der Waals surface area contributed by atoms with Crippen LogP contribution in [0, 0.1) is 5.92 Å². The van der Waals surface area contributed by atoms with E-state index in [-0.39, 0.29) is 12.3 Å². The van der Waals surface area contributed by atoms with Crippen LogP contribution in [0.25, 0.3) is 0 Å². The molecule has 0 amide bonds. The Kier molecular flexibility index (Phi) is 9.90. The fourth-order valence-electron chi connectivity index (χ4n) is 2.77. The number of hydrogen-bond donors (Lipinski definition) is 1. The van der Waals surface area contributed by atoms with Crippen LogP contribution in [0.4, 0.5) is 0 Å². The third-order valence-corrected chi connectivity index (χ3v) is 4.32. The molecule has 0 aliphatic carbocycles. The van der Waals surface area contributed by atoms with Gasteiger partial charge in [-0.05, 0) is 76.3 Å². The molecule has 24 heavy (non-hydrogen) atoms. The van der Waals surface area contributed by atoms with Gasteiger partial charge in [0.05, 0.1) is 12.5 Å². The van der Waals surface area contributed by atoms with E-state index >= 15 is 0 Å². The van der Waals surface area contributed by atoms with E-state index in [0.717, 1.165) is 44.9 Å². The van der Waals surface area contributed by atoms with E-state index in [2.05, 4.69) is 26.0 Å². The highest BCUT2D eigenvalue weighted by Gasteiger charge is 2.06. The Morgan fingerprint density at radius 1 is 1.21 bits per heavy atom. The number of aliphatic carboxylic acids is 1. The maximum Gasteiger partial charge on any atom is 0.303 e. The SMILES string of the molecule is CC(=CCC[C@@H](C)CC(=O)O)CCC=C(C)CCCc1ccoc1. The molecule has 0 bridgehead atoms. The zero-order valence-corrected chi connectivity index (χ0v) is 15.4. The van der Waals surface area contributed by atoms with Gasteiger partial charge in [0.15, 0.2) is 0 Å². The van der Waals surface area contributed by atoms with Crippen molar-refractivity contribution >= 4 is 5.97 Å². The topological polar surface area (TPSA) is 50.4 Å². The minimum Gasteiger partial charge on any atom is -0.481 e. The minimum atomic E-state index is -0.698. The van der Waals surface area contributed by atoms with Crippen LogP contribution in [0.5, 0.6) is 0 Å². The van der Waals surface area contributed by atoms with E-state index in [0.29, 0.717) is 0 Å². The zero-order valence-electron chi connectivity index (χ0n) is 15.4. The van der Waals surface area contributed by atoms with E-state index in [4.69, 9.17) is 9.52 Å². The molecule has 0 radical (unpaired) electrons. The van der Waals surface area contributed by atoms with Crippen LogP contribution >= 0.6 is 0 Å². The Hall–Kier alpha value is -1.77. The number of furan rings is 1. The Bertz CT molecular complexity index is 523. The third-order valence-electron chi connectivity index (χ3n) is 4.32. The molecule has 0 saturated carbocycles. The van der Waals surface area contributed by atoms with Crippen molar-refractivity contribution in [3.8, 4) is 0 Å². The first kappa shape index (κ1) is 20.3. The van der Waals surface area contributed by atoms with Gasteiger partial charge in [0.1, 0.15) is 0 Å². The van der Waals surface area contributed by atoms with Gasteiger partial charge in [-0.15, -0.1) is 0 Å². The van der Waals surface area contributed by atoms with Crippen molar-refractivity contribution in [3.63, 3.8) is 0 Å². The summed E-state index contributed by atoms with van der Waals surface area (Å²) in [5, 5.41) is 8.75. The van der Waals surface area contributed by atoms with E-state index in [1.165, 1.54) is 16.7 Å². The first-order chi connectivity index (χ1) is 11.5. The Labute approximate surface area is 146 Å². The summed E-state index contributed by atoms with van der Waals surface area (Å²) in [5.74, 6) is -0.444. The molecule has 0 fully saturated rings. The molecule has 1 aromatic heterocycles.